The van der Waals surface area contributed by atoms with Crippen LogP contribution < -0.4 is 24.0 Å². The number of pyridine rings is 2. The van der Waals surface area contributed by atoms with Crippen LogP contribution in [0.4, 0.5) is 11.4 Å². The molecular weight excluding hydrogens is 821 g/mol. The van der Waals surface area contributed by atoms with Crippen LogP contribution in [0.2, 0.25) is 0 Å². The zero-order chi connectivity index (χ0) is 44.6. The fourth-order valence-corrected chi connectivity index (χ4v) is 6.99. The lowest BCUT2D eigenvalue weighted by atomic mass is 10.1. The number of ether oxygens (including phenoxy) is 3. The topological polar surface area (TPSA) is 158 Å². The van der Waals surface area contributed by atoms with Crippen molar-refractivity contribution < 1.29 is 41.5 Å². The van der Waals surface area contributed by atoms with Crippen molar-refractivity contribution in [3.63, 3.8) is 0 Å². The van der Waals surface area contributed by atoms with E-state index < -0.39 is 10.1 Å². The lowest BCUT2D eigenvalue weighted by Gasteiger charge is -2.24. The molecule has 5 aromatic carbocycles. The van der Waals surface area contributed by atoms with E-state index in [1.54, 1.807) is 96.2 Å². The van der Waals surface area contributed by atoms with Crippen LogP contribution in [-0.2, 0) is 37.0 Å². The van der Waals surface area contributed by atoms with Gasteiger partial charge in [0.2, 0.25) is 23.6 Å². The van der Waals surface area contributed by atoms with Gasteiger partial charge in [0, 0.05) is 37.4 Å². The normalized spacial score (nSPS) is 10.8. The number of phenolic OH excluding ortho intramolecular Hbond substituents is 1. The number of rotatable bonds is 16. The number of carbonyl (C=O) groups excluding carboxylic acids is 2. The SMILES string of the molecule is CC(=O)N(Cc1ccccc1O)c1cccnc1Oc1ccccc1.CC(=O)N(Cc1ccccc1OCCOS(=O)(=O)c1ccc(C)cc1)c1cccnc1Oc1ccccc1. The molecule has 0 spiro atoms. The van der Waals surface area contributed by atoms with Gasteiger partial charge in [-0.15, -0.1) is 0 Å². The van der Waals surface area contributed by atoms with E-state index in [9.17, 15) is 23.1 Å². The van der Waals surface area contributed by atoms with Crippen molar-refractivity contribution in [2.24, 2.45) is 0 Å². The summed E-state index contributed by atoms with van der Waals surface area (Å²) in [4.78, 5) is 36.7. The third-order valence-electron chi connectivity index (χ3n) is 9.27. The molecule has 0 aliphatic rings. The monoisotopic (exact) mass is 866 g/mol. The Morgan fingerprint density at radius 1 is 0.571 bits per heavy atom. The third kappa shape index (κ3) is 12.7. The molecule has 0 fully saturated rings. The van der Waals surface area contributed by atoms with Crippen molar-refractivity contribution in [3.8, 4) is 34.8 Å². The van der Waals surface area contributed by atoms with Gasteiger partial charge in [-0.2, -0.15) is 8.42 Å². The summed E-state index contributed by atoms with van der Waals surface area (Å²) in [5.41, 5.74) is 3.37. The molecule has 322 valence electrons. The van der Waals surface area contributed by atoms with E-state index in [1.165, 1.54) is 30.9 Å². The Morgan fingerprint density at radius 2 is 1.05 bits per heavy atom. The minimum absolute atomic E-state index is 0.00254. The van der Waals surface area contributed by atoms with Crippen molar-refractivity contribution in [1.82, 2.24) is 9.97 Å². The molecule has 13 nitrogen and oxygen atoms in total. The van der Waals surface area contributed by atoms with Crippen LogP contribution in [0.3, 0.4) is 0 Å². The van der Waals surface area contributed by atoms with E-state index in [0.717, 1.165) is 11.1 Å². The molecule has 0 saturated carbocycles. The number of amides is 2. The maximum absolute atomic E-state index is 12.7. The molecule has 0 radical (unpaired) electrons. The molecule has 0 saturated heterocycles. The number of anilines is 2. The maximum atomic E-state index is 12.7. The highest BCUT2D eigenvalue weighted by Crippen LogP contribution is 2.34. The molecule has 63 heavy (non-hydrogen) atoms. The van der Waals surface area contributed by atoms with E-state index in [-0.39, 0.29) is 48.8 Å². The first kappa shape index (κ1) is 45.0. The van der Waals surface area contributed by atoms with Crippen LogP contribution in [0, 0.1) is 6.92 Å². The average molecular weight is 867 g/mol. The van der Waals surface area contributed by atoms with Gasteiger partial charge >= 0.3 is 0 Å². The Labute approximate surface area is 366 Å². The number of hydrogen-bond donors (Lipinski definition) is 1. The van der Waals surface area contributed by atoms with Crippen molar-refractivity contribution in [1.29, 1.82) is 0 Å². The zero-order valence-corrected chi connectivity index (χ0v) is 35.7. The second kappa shape index (κ2) is 21.8. The second-order valence-electron chi connectivity index (χ2n) is 13.9. The predicted molar refractivity (Wildman–Crippen MR) is 240 cm³/mol. The van der Waals surface area contributed by atoms with Gasteiger partial charge in [-0.05, 0) is 79.7 Å². The van der Waals surface area contributed by atoms with Crippen LogP contribution >= 0.6 is 0 Å². The summed E-state index contributed by atoms with van der Waals surface area (Å²) in [6, 6.07) is 46.1. The first-order valence-corrected chi connectivity index (χ1v) is 21.2. The van der Waals surface area contributed by atoms with Gasteiger partial charge in [0.1, 0.15) is 47.6 Å². The fourth-order valence-electron chi connectivity index (χ4n) is 6.09. The quantitative estimate of drug-likeness (QED) is 0.0729. The lowest BCUT2D eigenvalue weighted by Crippen LogP contribution is -2.28. The van der Waals surface area contributed by atoms with E-state index >= 15 is 0 Å². The molecule has 2 heterocycles. The first-order valence-electron chi connectivity index (χ1n) is 19.8. The standard InChI is InChI=1S/C29H28N2O6S.C20H18N2O3/c1-22-14-16-26(17-15-22)38(33,34)36-20-19-35-28-13-7-6-9-24(28)21-31(23(2)32)27-12-8-18-30-29(27)37-25-10-4-3-5-11-25;1-15(23)22(14-16-8-5-6-12-19(16)24)18-11-7-13-21-20(18)25-17-9-3-2-4-10-17/h3-18H,19-21H2,1-2H3;2-13,24H,14H2,1H3. The number of benzene rings is 5. The van der Waals surface area contributed by atoms with E-state index in [1.807, 2.05) is 73.7 Å². The number of aromatic nitrogens is 2. The van der Waals surface area contributed by atoms with Gasteiger partial charge in [0.05, 0.1) is 18.0 Å². The first-order chi connectivity index (χ1) is 30.5. The third-order valence-corrected chi connectivity index (χ3v) is 10.6. The van der Waals surface area contributed by atoms with Gasteiger partial charge < -0.3 is 29.1 Å². The molecule has 0 atom stereocenters. The van der Waals surface area contributed by atoms with Crippen molar-refractivity contribution in [2.75, 3.05) is 23.0 Å². The van der Waals surface area contributed by atoms with Gasteiger partial charge in [-0.1, -0.05) is 90.5 Å². The molecule has 1 N–H and O–H groups in total. The number of carbonyl (C=O) groups is 2. The Balaban J connectivity index is 0.000000228. The highest BCUT2D eigenvalue weighted by molar-refractivity contribution is 7.86. The van der Waals surface area contributed by atoms with E-state index in [4.69, 9.17) is 18.4 Å². The molecule has 0 aliphatic carbocycles. The molecule has 2 aromatic heterocycles. The number of para-hydroxylation sites is 4. The average Bonchev–Trinajstić information content (AvgIpc) is 3.29. The summed E-state index contributed by atoms with van der Waals surface area (Å²) < 4.78 is 47.6. The summed E-state index contributed by atoms with van der Waals surface area (Å²) in [5.74, 6) is 2.12. The molecule has 7 rings (SSSR count). The number of nitrogens with zero attached hydrogens (tertiary/aromatic N) is 4. The van der Waals surface area contributed by atoms with E-state index in [2.05, 4.69) is 9.97 Å². The molecule has 2 amide bonds. The van der Waals surface area contributed by atoms with Gasteiger partial charge in [0.15, 0.2) is 0 Å². The Morgan fingerprint density at radius 3 is 1.57 bits per heavy atom. The molecule has 14 heteroatoms. The van der Waals surface area contributed by atoms with Crippen molar-refractivity contribution in [2.45, 2.75) is 38.8 Å². The Kier molecular flexibility index (Phi) is 15.6. The van der Waals surface area contributed by atoms with Gasteiger partial charge in [-0.3, -0.25) is 13.8 Å². The van der Waals surface area contributed by atoms with Crippen molar-refractivity contribution in [3.05, 3.63) is 187 Å². The van der Waals surface area contributed by atoms with Gasteiger partial charge in [0.25, 0.3) is 10.1 Å². The Bertz CT molecular complexity index is 2700. The molecule has 0 unspecified atom stereocenters. The van der Waals surface area contributed by atoms with Crippen LogP contribution in [-0.4, -0.2) is 48.5 Å². The van der Waals surface area contributed by atoms with Crippen LogP contribution in [0.15, 0.2) is 175 Å². The maximum Gasteiger partial charge on any atom is 0.297 e. The minimum atomic E-state index is -3.89. The summed E-state index contributed by atoms with van der Waals surface area (Å²) in [6.07, 6.45) is 3.21. The minimum Gasteiger partial charge on any atom is -0.508 e. The van der Waals surface area contributed by atoms with Crippen LogP contribution in [0.1, 0.15) is 30.5 Å². The zero-order valence-electron chi connectivity index (χ0n) is 34.9. The highest BCUT2D eigenvalue weighted by Gasteiger charge is 2.22. The van der Waals surface area contributed by atoms with Gasteiger partial charge in [-0.25, -0.2) is 9.97 Å². The molecule has 0 aliphatic heterocycles. The lowest BCUT2D eigenvalue weighted by molar-refractivity contribution is -0.117. The highest BCUT2D eigenvalue weighted by atomic mass is 32.2. The van der Waals surface area contributed by atoms with Crippen molar-refractivity contribution >= 4 is 33.3 Å². The largest absolute Gasteiger partial charge is 0.508 e. The molecule has 7 aromatic rings. The number of hydrogen-bond acceptors (Lipinski definition) is 11. The predicted octanol–water partition coefficient (Wildman–Crippen LogP) is 9.65. The van der Waals surface area contributed by atoms with E-state index in [0.29, 0.717) is 45.9 Å². The summed E-state index contributed by atoms with van der Waals surface area (Å²) in [7, 11) is -3.89. The smallest absolute Gasteiger partial charge is 0.297 e. The fraction of sp³-hybridized carbons (Fsp3) is 0.143. The summed E-state index contributed by atoms with van der Waals surface area (Å²) >= 11 is 0. The van der Waals surface area contributed by atoms with Crippen LogP contribution in [0.5, 0.6) is 34.8 Å². The Hall–Kier alpha value is -7.55. The number of aryl methyl sites for hydroxylation is 1. The molecular formula is C49H46N4O9S. The number of phenols is 1. The number of aromatic hydroxyl groups is 1. The summed E-state index contributed by atoms with van der Waals surface area (Å²) in [6.45, 7) is 5.05. The van der Waals surface area contributed by atoms with Crippen LogP contribution in [0.25, 0.3) is 0 Å². The second-order valence-corrected chi connectivity index (χ2v) is 15.5. The molecule has 0 bridgehead atoms. The summed E-state index contributed by atoms with van der Waals surface area (Å²) in [5, 5.41) is 10.0.